The van der Waals surface area contributed by atoms with Gasteiger partial charge in [-0.1, -0.05) is 30.3 Å². The Morgan fingerprint density at radius 1 is 0.971 bits per heavy atom. The lowest BCUT2D eigenvalue weighted by Crippen LogP contribution is -2.39. The minimum absolute atomic E-state index is 0.215. The number of halogens is 1. The second kappa shape index (κ2) is 11.4. The van der Waals surface area contributed by atoms with Crippen LogP contribution in [0.3, 0.4) is 0 Å². The molecule has 2 heterocycles. The highest BCUT2D eigenvalue weighted by Crippen LogP contribution is 2.28. The van der Waals surface area contributed by atoms with E-state index in [-0.39, 0.29) is 11.9 Å². The molecule has 0 aromatic heterocycles. The molecule has 5 rings (SSSR count). The molecule has 0 unspecified atom stereocenters. The molecule has 0 spiro atoms. The van der Waals surface area contributed by atoms with Crippen LogP contribution in [0.2, 0.25) is 0 Å². The SMILES string of the molecule is COC1=CCC=C2OCOC2=C1.O=C(Oc1ccccc1)N1CCC(c2ccc(F)cc2)CC1. The number of amides is 1. The molecule has 0 atom stereocenters. The number of hydrogen-bond acceptors (Lipinski definition) is 5. The van der Waals surface area contributed by atoms with Crippen molar-refractivity contribution in [1.82, 2.24) is 4.90 Å². The molecule has 0 bridgehead atoms. The van der Waals surface area contributed by atoms with Crippen molar-refractivity contribution in [2.45, 2.75) is 25.2 Å². The normalized spacial score (nSPS) is 17.4. The summed E-state index contributed by atoms with van der Waals surface area (Å²) >= 11 is 0. The largest absolute Gasteiger partial charge is 0.497 e. The van der Waals surface area contributed by atoms with Gasteiger partial charge in [-0.25, -0.2) is 9.18 Å². The van der Waals surface area contributed by atoms with Crippen LogP contribution in [0.1, 0.15) is 30.7 Å². The minimum atomic E-state index is -0.302. The summed E-state index contributed by atoms with van der Waals surface area (Å²) < 4.78 is 33.8. The van der Waals surface area contributed by atoms with Gasteiger partial charge in [-0.05, 0) is 67.2 Å². The fourth-order valence-corrected chi connectivity index (χ4v) is 3.97. The van der Waals surface area contributed by atoms with E-state index in [1.807, 2.05) is 48.6 Å². The minimum Gasteiger partial charge on any atom is -0.497 e. The maximum absolute atomic E-state index is 13.0. The van der Waals surface area contributed by atoms with Crippen molar-refractivity contribution >= 4 is 6.09 Å². The molecule has 2 aliphatic heterocycles. The van der Waals surface area contributed by atoms with Crippen LogP contribution in [-0.2, 0) is 14.2 Å². The van der Waals surface area contributed by atoms with Gasteiger partial charge < -0.3 is 23.8 Å². The molecule has 0 radical (unpaired) electrons. The molecule has 2 aromatic carbocycles. The zero-order valence-electron chi connectivity index (χ0n) is 19.1. The van der Waals surface area contributed by atoms with E-state index in [2.05, 4.69) is 0 Å². The molecule has 2 saturated heterocycles. The van der Waals surface area contributed by atoms with Gasteiger partial charge in [0.1, 0.15) is 17.3 Å². The fraction of sp³-hybridized carbons (Fsp3) is 0.296. The Balaban J connectivity index is 0.000000192. The van der Waals surface area contributed by atoms with Crippen LogP contribution in [0, 0.1) is 5.82 Å². The van der Waals surface area contributed by atoms with E-state index < -0.39 is 0 Å². The van der Waals surface area contributed by atoms with Crippen LogP contribution in [0.5, 0.6) is 5.75 Å². The monoisotopic (exact) mass is 465 g/mol. The highest BCUT2D eigenvalue weighted by Gasteiger charge is 2.25. The maximum atomic E-state index is 13.0. The van der Waals surface area contributed by atoms with Crippen molar-refractivity contribution in [1.29, 1.82) is 0 Å². The molecule has 34 heavy (non-hydrogen) atoms. The Labute approximate surface area is 198 Å². The lowest BCUT2D eigenvalue weighted by molar-refractivity contribution is 0.0970. The van der Waals surface area contributed by atoms with Gasteiger partial charge in [0.25, 0.3) is 0 Å². The third kappa shape index (κ3) is 6.19. The number of fused-ring (bicyclic) bond motifs is 1. The van der Waals surface area contributed by atoms with Gasteiger partial charge in [0.15, 0.2) is 11.5 Å². The average Bonchev–Trinajstić information content (AvgIpc) is 3.22. The number of allylic oxidation sites excluding steroid dienone is 3. The summed E-state index contributed by atoms with van der Waals surface area (Å²) in [5, 5.41) is 0. The molecule has 3 aliphatic rings. The molecule has 1 amide bonds. The molecule has 1 aliphatic carbocycles. The molecule has 178 valence electrons. The third-order valence-corrected chi connectivity index (χ3v) is 5.85. The van der Waals surface area contributed by atoms with E-state index in [1.165, 1.54) is 12.1 Å². The predicted molar refractivity (Wildman–Crippen MR) is 125 cm³/mol. The van der Waals surface area contributed by atoms with Gasteiger partial charge >= 0.3 is 6.09 Å². The average molecular weight is 466 g/mol. The number of ether oxygens (including phenoxy) is 4. The quantitative estimate of drug-likeness (QED) is 0.565. The summed E-state index contributed by atoms with van der Waals surface area (Å²) in [5.41, 5.74) is 1.14. The Kier molecular flexibility index (Phi) is 7.86. The molecule has 2 fully saturated rings. The zero-order chi connectivity index (χ0) is 23.8. The summed E-state index contributed by atoms with van der Waals surface area (Å²) in [4.78, 5) is 13.8. The number of carbonyl (C=O) groups is 1. The summed E-state index contributed by atoms with van der Waals surface area (Å²) in [7, 11) is 1.64. The predicted octanol–water partition coefficient (Wildman–Crippen LogP) is 5.90. The zero-order valence-corrected chi connectivity index (χ0v) is 19.1. The van der Waals surface area contributed by atoms with E-state index in [9.17, 15) is 9.18 Å². The first-order chi connectivity index (χ1) is 16.6. The van der Waals surface area contributed by atoms with Crippen LogP contribution < -0.4 is 4.74 Å². The van der Waals surface area contributed by atoms with Crippen molar-refractivity contribution in [3.05, 3.63) is 101 Å². The molecule has 7 heteroatoms. The maximum Gasteiger partial charge on any atom is 0.415 e. The second-order valence-electron chi connectivity index (χ2n) is 8.02. The van der Waals surface area contributed by atoms with E-state index in [0.29, 0.717) is 31.5 Å². The number of methoxy groups -OCH3 is 1. The number of benzene rings is 2. The van der Waals surface area contributed by atoms with Gasteiger partial charge in [0.05, 0.1) is 7.11 Å². The number of hydrogen-bond donors (Lipinski definition) is 0. The lowest BCUT2D eigenvalue weighted by atomic mass is 9.89. The van der Waals surface area contributed by atoms with Crippen molar-refractivity contribution in [3.8, 4) is 5.75 Å². The molecule has 2 aromatic rings. The molecule has 6 nitrogen and oxygen atoms in total. The van der Waals surface area contributed by atoms with Crippen molar-refractivity contribution in [3.63, 3.8) is 0 Å². The third-order valence-electron chi connectivity index (χ3n) is 5.85. The Hall–Kier alpha value is -3.74. The summed E-state index contributed by atoms with van der Waals surface area (Å²) in [6, 6.07) is 15.7. The molecule has 0 saturated carbocycles. The van der Waals surface area contributed by atoms with Crippen LogP contribution in [-0.4, -0.2) is 38.0 Å². The van der Waals surface area contributed by atoms with Crippen LogP contribution >= 0.6 is 0 Å². The number of rotatable bonds is 3. The summed E-state index contributed by atoms with van der Waals surface area (Å²) in [5.74, 6) is 3.13. The van der Waals surface area contributed by atoms with Gasteiger partial charge in [0.2, 0.25) is 6.79 Å². The number of para-hydroxylation sites is 1. The number of carbonyl (C=O) groups excluding carboxylic acids is 1. The smallest absolute Gasteiger partial charge is 0.415 e. The fourth-order valence-electron chi connectivity index (χ4n) is 3.97. The van der Waals surface area contributed by atoms with E-state index in [0.717, 1.165) is 42.1 Å². The summed E-state index contributed by atoms with van der Waals surface area (Å²) in [6.07, 6.45) is 8.05. The van der Waals surface area contributed by atoms with E-state index in [1.54, 1.807) is 24.1 Å². The Bertz CT molecular complexity index is 1050. The van der Waals surface area contributed by atoms with E-state index >= 15 is 0 Å². The van der Waals surface area contributed by atoms with E-state index in [4.69, 9.17) is 18.9 Å². The van der Waals surface area contributed by atoms with Gasteiger partial charge in [-0.2, -0.15) is 0 Å². The van der Waals surface area contributed by atoms with Gasteiger partial charge in [-0.3, -0.25) is 0 Å². The molecular weight excluding hydrogens is 437 g/mol. The lowest BCUT2D eigenvalue weighted by Gasteiger charge is -2.31. The topological polar surface area (TPSA) is 57.2 Å². The highest BCUT2D eigenvalue weighted by molar-refractivity contribution is 5.70. The number of likely N-dealkylation sites (tertiary alicyclic amines) is 1. The van der Waals surface area contributed by atoms with Crippen LogP contribution in [0.15, 0.2) is 90.1 Å². The first kappa shape index (κ1) is 23.4. The van der Waals surface area contributed by atoms with Crippen LogP contribution in [0.25, 0.3) is 0 Å². The van der Waals surface area contributed by atoms with Crippen molar-refractivity contribution < 1.29 is 28.1 Å². The van der Waals surface area contributed by atoms with Gasteiger partial charge in [0, 0.05) is 19.2 Å². The Morgan fingerprint density at radius 3 is 2.38 bits per heavy atom. The van der Waals surface area contributed by atoms with Crippen molar-refractivity contribution in [2.75, 3.05) is 27.0 Å². The first-order valence-electron chi connectivity index (χ1n) is 11.3. The highest BCUT2D eigenvalue weighted by atomic mass is 19.1. The summed E-state index contributed by atoms with van der Waals surface area (Å²) in [6.45, 7) is 1.64. The van der Waals surface area contributed by atoms with Gasteiger partial charge in [-0.15, -0.1) is 0 Å². The second-order valence-corrected chi connectivity index (χ2v) is 8.02. The molecular formula is C27H28FNO5. The first-order valence-corrected chi connectivity index (χ1v) is 11.3. The van der Waals surface area contributed by atoms with Crippen molar-refractivity contribution in [2.24, 2.45) is 0 Å². The molecule has 0 N–H and O–H groups in total. The van der Waals surface area contributed by atoms with Crippen LogP contribution in [0.4, 0.5) is 9.18 Å². The standard InChI is InChI=1S/C18H18FNO2.C9H10O3/c19-16-8-6-14(7-9-16)15-10-12-20(13-11-15)18(21)22-17-4-2-1-3-5-17;1-10-7-3-2-4-8-9(5-7)12-6-11-8/h1-9,15H,10-13H2;3-5H,2,6H2,1H3. The number of piperidine rings is 1. The Morgan fingerprint density at radius 2 is 1.68 bits per heavy atom. The number of nitrogens with zero attached hydrogens (tertiary/aromatic N) is 1.